The van der Waals surface area contributed by atoms with E-state index in [0.717, 1.165) is 48.9 Å². The summed E-state index contributed by atoms with van der Waals surface area (Å²) < 4.78 is 13.5. The van der Waals surface area contributed by atoms with E-state index in [1.807, 2.05) is 24.3 Å². The lowest BCUT2D eigenvalue weighted by molar-refractivity contribution is 0.102. The maximum atomic E-state index is 13.5. The fourth-order valence-electron chi connectivity index (χ4n) is 3.73. The number of hydrogen-bond acceptors (Lipinski definition) is 3. The third-order valence-corrected chi connectivity index (χ3v) is 6.41. The van der Waals surface area contributed by atoms with Crippen molar-refractivity contribution in [3.63, 3.8) is 0 Å². The molecule has 5 heteroatoms. The second-order valence-corrected chi connectivity index (χ2v) is 8.25. The number of fused-ring (bicyclic) bond motifs is 1. The predicted molar refractivity (Wildman–Crippen MR) is 118 cm³/mol. The first-order valence-corrected chi connectivity index (χ1v) is 10.8. The highest BCUT2D eigenvalue weighted by atomic mass is 32.1. The van der Waals surface area contributed by atoms with Gasteiger partial charge in [0, 0.05) is 16.8 Å². The highest BCUT2D eigenvalue weighted by Gasteiger charge is 2.25. The minimum absolute atomic E-state index is 0.114. The second kappa shape index (κ2) is 8.70. The van der Waals surface area contributed by atoms with Crippen molar-refractivity contribution in [2.24, 2.45) is 4.99 Å². The Kier molecular flexibility index (Phi) is 5.86. The van der Waals surface area contributed by atoms with E-state index in [4.69, 9.17) is 0 Å². The summed E-state index contributed by atoms with van der Waals surface area (Å²) in [7, 11) is 0. The standard InChI is InChI=1S/C24H23FN2OS/c1-2-17-9-3-5-12-20(17)27-23(28)22-19-11-4-6-13-21(19)29-24(22)26-15-16-8-7-10-18(25)14-16/h3,5,7-10,12,14-15H,2,4,6,11,13H2,1H3,(H,27,28). The Morgan fingerprint density at radius 3 is 2.83 bits per heavy atom. The number of para-hydroxylation sites is 1. The number of amides is 1. The van der Waals surface area contributed by atoms with Crippen LogP contribution in [0.2, 0.25) is 0 Å². The minimum Gasteiger partial charge on any atom is -0.322 e. The molecule has 0 fully saturated rings. The number of hydrogen-bond donors (Lipinski definition) is 1. The maximum Gasteiger partial charge on any atom is 0.259 e. The molecule has 29 heavy (non-hydrogen) atoms. The van der Waals surface area contributed by atoms with Crippen LogP contribution in [0.15, 0.2) is 53.5 Å². The van der Waals surface area contributed by atoms with Crippen molar-refractivity contribution in [1.82, 2.24) is 0 Å². The van der Waals surface area contributed by atoms with Crippen molar-refractivity contribution < 1.29 is 9.18 Å². The third-order valence-electron chi connectivity index (χ3n) is 5.21. The molecule has 0 aliphatic heterocycles. The Bertz CT molecular complexity index is 1070. The van der Waals surface area contributed by atoms with Crippen molar-refractivity contribution in [2.75, 3.05) is 5.32 Å². The first kappa shape index (κ1) is 19.5. The zero-order valence-electron chi connectivity index (χ0n) is 16.4. The van der Waals surface area contributed by atoms with Gasteiger partial charge in [0.15, 0.2) is 0 Å². The Balaban J connectivity index is 1.69. The lowest BCUT2D eigenvalue weighted by Gasteiger charge is -2.14. The molecule has 3 nitrogen and oxygen atoms in total. The van der Waals surface area contributed by atoms with Crippen LogP contribution in [0, 0.1) is 5.82 Å². The van der Waals surface area contributed by atoms with Crippen molar-refractivity contribution in [2.45, 2.75) is 39.0 Å². The second-order valence-electron chi connectivity index (χ2n) is 7.17. The molecular formula is C24H23FN2OS. The fraction of sp³-hybridized carbons (Fsp3) is 0.250. The number of carbonyl (C=O) groups excluding carboxylic acids is 1. The molecule has 1 N–H and O–H groups in total. The molecule has 0 spiro atoms. The first-order valence-electron chi connectivity index (χ1n) is 9.99. The zero-order chi connectivity index (χ0) is 20.2. The average molecular weight is 407 g/mol. The number of halogens is 1. The Labute approximate surface area is 174 Å². The Hall–Kier alpha value is -2.79. The van der Waals surface area contributed by atoms with Gasteiger partial charge in [0.25, 0.3) is 5.91 Å². The van der Waals surface area contributed by atoms with Gasteiger partial charge in [-0.15, -0.1) is 11.3 Å². The van der Waals surface area contributed by atoms with Crippen LogP contribution >= 0.6 is 11.3 Å². The van der Waals surface area contributed by atoms with Gasteiger partial charge in [0.1, 0.15) is 10.8 Å². The van der Waals surface area contributed by atoms with E-state index >= 15 is 0 Å². The molecule has 0 bridgehead atoms. The smallest absolute Gasteiger partial charge is 0.259 e. The van der Waals surface area contributed by atoms with Gasteiger partial charge in [-0.05, 0) is 67.0 Å². The molecule has 3 aromatic rings. The van der Waals surface area contributed by atoms with Crippen LogP contribution in [0.25, 0.3) is 0 Å². The van der Waals surface area contributed by atoms with Crippen molar-refractivity contribution in [3.05, 3.63) is 81.5 Å². The number of benzene rings is 2. The number of aryl methyl sites for hydroxylation is 2. The molecule has 2 aromatic carbocycles. The normalized spacial score (nSPS) is 13.4. The summed E-state index contributed by atoms with van der Waals surface area (Å²) in [6.45, 7) is 2.08. The molecule has 1 aliphatic rings. The maximum absolute atomic E-state index is 13.5. The van der Waals surface area contributed by atoms with E-state index in [9.17, 15) is 9.18 Å². The summed E-state index contributed by atoms with van der Waals surface area (Å²) in [4.78, 5) is 19.1. The molecule has 1 heterocycles. The van der Waals surface area contributed by atoms with Crippen LogP contribution in [0.4, 0.5) is 15.1 Å². The van der Waals surface area contributed by atoms with Crippen LogP contribution in [0.1, 0.15) is 51.7 Å². The van der Waals surface area contributed by atoms with E-state index in [1.54, 1.807) is 29.7 Å². The zero-order valence-corrected chi connectivity index (χ0v) is 17.2. The Morgan fingerprint density at radius 2 is 2.00 bits per heavy atom. The van der Waals surface area contributed by atoms with Gasteiger partial charge in [0.05, 0.1) is 5.56 Å². The third kappa shape index (κ3) is 4.30. The molecule has 1 aliphatic carbocycles. The summed E-state index contributed by atoms with van der Waals surface area (Å²) in [5, 5.41) is 3.80. The molecule has 1 aromatic heterocycles. The fourth-order valence-corrected chi connectivity index (χ4v) is 4.96. The van der Waals surface area contributed by atoms with Crippen molar-refractivity contribution >= 4 is 34.1 Å². The summed E-state index contributed by atoms with van der Waals surface area (Å²) in [5.41, 5.74) is 4.42. The molecule has 0 radical (unpaired) electrons. The topological polar surface area (TPSA) is 41.5 Å². The van der Waals surface area contributed by atoms with Gasteiger partial charge < -0.3 is 5.32 Å². The molecule has 0 saturated carbocycles. The highest BCUT2D eigenvalue weighted by Crippen LogP contribution is 2.40. The van der Waals surface area contributed by atoms with E-state index in [-0.39, 0.29) is 11.7 Å². The van der Waals surface area contributed by atoms with E-state index in [0.29, 0.717) is 16.1 Å². The number of carbonyl (C=O) groups is 1. The van der Waals surface area contributed by atoms with Crippen molar-refractivity contribution in [3.8, 4) is 0 Å². The SMILES string of the molecule is CCc1ccccc1NC(=O)c1c(N=Cc2cccc(F)c2)sc2c1CCCC2. The van der Waals surface area contributed by atoms with E-state index in [1.165, 1.54) is 17.0 Å². The monoisotopic (exact) mass is 406 g/mol. The number of anilines is 1. The van der Waals surface area contributed by atoms with Crippen LogP contribution in [-0.2, 0) is 19.3 Å². The van der Waals surface area contributed by atoms with E-state index in [2.05, 4.69) is 17.2 Å². The molecule has 0 atom stereocenters. The number of rotatable bonds is 5. The summed E-state index contributed by atoms with van der Waals surface area (Å²) in [6, 6.07) is 14.2. The number of nitrogens with zero attached hydrogens (tertiary/aromatic N) is 1. The summed E-state index contributed by atoms with van der Waals surface area (Å²) in [5.74, 6) is -0.412. The Morgan fingerprint density at radius 1 is 1.17 bits per heavy atom. The number of aliphatic imine (C=N–C) groups is 1. The first-order chi connectivity index (χ1) is 14.2. The lowest BCUT2D eigenvalue weighted by atomic mass is 9.95. The quantitative estimate of drug-likeness (QED) is 0.494. The van der Waals surface area contributed by atoms with Crippen LogP contribution in [0.5, 0.6) is 0 Å². The van der Waals surface area contributed by atoms with Gasteiger partial charge in [-0.1, -0.05) is 37.3 Å². The van der Waals surface area contributed by atoms with Gasteiger partial charge in [-0.3, -0.25) is 4.79 Å². The van der Waals surface area contributed by atoms with Gasteiger partial charge in [-0.25, -0.2) is 9.38 Å². The molecule has 1 amide bonds. The van der Waals surface area contributed by atoms with Crippen LogP contribution in [0.3, 0.4) is 0 Å². The summed E-state index contributed by atoms with van der Waals surface area (Å²) in [6.07, 6.45) is 6.60. The van der Waals surface area contributed by atoms with Crippen molar-refractivity contribution in [1.29, 1.82) is 0 Å². The van der Waals surface area contributed by atoms with Gasteiger partial charge in [0.2, 0.25) is 0 Å². The summed E-state index contributed by atoms with van der Waals surface area (Å²) >= 11 is 1.58. The largest absolute Gasteiger partial charge is 0.322 e. The molecule has 0 saturated heterocycles. The lowest BCUT2D eigenvalue weighted by Crippen LogP contribution is -2.15. The molecule has 148 valence electrons. The van der Waals surface area contributed by atoms with Gasteiger partial charge >= 0.3 is 0 Å². The minimum atomic E-state index is -0.298. The van der Waals surface area contributed by atoms with E-state index < -0.39 is 0 Å². The predicted octanol–water partition coefficient (Wildman–Crippen LogP) is 6.33. The molecule has 4 rings (SSSR count). The number of thiophene rings is 1. The van der Waals surface area contributed by atoms with Crippen LogP contribution < -0.4 is 5.32 Å². The molecule has 0 unspecified atom stereocenters. The van der Waals surface area contributed by atoms with Crippen LogP contribution in [-0.4, -0.2) is 12.1 Å². The molecular weight excluding hydrogens is 383 g/mol. The highest BCUT2D eigenvalue weighted by molar-refractivity contribution is 7.16. The van der Waals surface area contributed by atoms with Gasteiger partial charge in [-0.2, -0.15) is 0 Å². The average Bonchev–Trinajstić information content (AvgIpc) is 3.11. The number of nitrogens with one attached hydrogen (secondary N) is 1.